The highest BCUT2D eigenvalue weighted by Crippen LogP contribution is 2.59. The molecule has 0 amide bonds. The first kappa shape index (κ1) is 14.5. The number of allylic oxidation sites excluding steroid dienone is 4. The Morgan fingerprint density at radius 1 is 1.23 bits per heavy atom. The van der Waals surface area contributed by atoms with Gasteiger partial charge in [-0.15, -0.1) is 0 Å². The molecular weight excluding hydrogens is 272 g/mol. The SMILES string of the molecule is CCOC1=CC2=CC[C@@H]3[C@H](CC[C@]4(C)C(=O)CC[C@@H]34)C2CC1. The molecule has 2 saturated carbocycles. The molecule has 1 unspecified atom stereocenters. The van der Waals surface area contributed by atoms with Gasteiger partial charge in [0.1, 0.15) is 5.78 Å². The number of hydrogen-bond acceptors (Lipinski definition) is 2. The zero-order chi connectivity index (χ0) is 15.3. The van der Waals surface area contributed by atoms with Crippen LogP contribution in [0.25, 0.3) is 0 Å². The Morgan fingerprint density at radius 3 is 2.91 bits per heavy atom. The van der Waals surface area contributed by atoms with Gasteiger partial charge >= 0.3 is 0 Å². The van der Waals surface area contributed by atoms with Crippen molar-refractivity contribution in [3.63, 3.8) is 0 Å². The summed E-state index contributed by atoms with van der Waals surface area (Å²) in [6.07, 6.45) is 12.7. The van der Waals surface area contributed by atoms with Gasteiger partial charge in [-0.1, -0.05) is 13.0 Å². The standard InChI is InChI=1S/C20H28O2/c1-3-22-14-5-7-15-13(12-14)4-6-17-16(15)10-11-20(2)18(17)8-9-19(20)21/h4,12,15-18H,3,5-11H2,1-2H3/t15?,16-,17-,18+,20+/m1/s1. The maximum absolute atomic E-state index is 12.4. The zero-order valence-corrected chi connectivity index (χ0v) is 13.9. The van der Waals surface area contributed by atoms with Gasteiger partial charge in [-0.25, -0.2) is 0 Å². The molecule has 22 heavy (non-hydrogen) atoms. The summed E-state index contributed by atoms with van der Waals surface area (Å²) >= 11 is 0. The molecule has 0 bridgehead atoms. The number of rotatable bonds is 2. The molecule has 0 aromatic rings. The Balaban J connectivity index is 1.61. The molecule has 0 saturated heterocycles. The van der Waals surface area contributed by atoms with Gasteiger partial charge in [-0.2, -0.15) is 0 Å². The summed E-state index contributed by atoms with van der Waals surface area (Å²) in [5, 5.41) is 0. The van der Waals surface area contributed by atoms with E-state index in [9.17, 15) is 4.79 Å². The molecule has 4 aliphatic carbocycles. The van der Waals surface area contributed by atoms with Crippen LogP contribution >= 0.6 is 0 Å². The predicted molar refractivity (Wildman–Crippen MR) is 87.2 cm³/mol. The zero-order valence-electron chi connectivity index (χ0n) is 13.9. The monoisotopic (exact) mass is 300 g/mol. The second-order valence-corrected chi connectivity index (χ2v) is 7.98. The molecule has 0 radical (unpaired) electrons. The van der Waals surface area contributed by atoms with Crippen molar-refractivity contribution in [2.45, 2.75) is 58.8 Å². The van der Waals surface area contributed by atoms with E-state index in [1.807, 2.05) is 0 Å². The Morgan fingerprint density at radius 2 is 2.09 bits per heavy atom. The lowest BCUT2D eigenvalue weighted by Gasteiger charge is -2.50. The second kappa shape index (κ2) is 5.25. The number of fused-ring (bicyclic) bond motifs is 5. The third kappa shape index (κ3) is 2.02. The van der Waals surface area contributed by atoms with E-state index in [4.69, 9.17) is 4.74 Å². The Bertz CT molecular complexity index is 544. The van der Waals surface area contributed by atoms with Crippen LogP contribution in [0.4, 0.5) is 0 Å². The van der Waals surface area contributed by atoms with Crippen molar-refractivity contribution in [2.75, 3.05) is 6.61 Å². The van der Waals surface area contributed by atoms with E-state index < -0.39 is 0 Å². The normalized spacial score (nSPS) is 43.6. The first-order valence-corrected chi connectivity index (χ1v) is 9.20. The van der Waals surface area contributed by atoms with Gasteiger partial charge in [0.2, 0.25) is 0 Å². The number of Topliss-reactive ketones (excluding diaryl/α,β-unsaturated/α-hetero) is 1. The van der Waals surface area contributed by atoms with Gasteiger partial charge in [-0.3, -0.25) is 4.79 Å². The van der Waals surface area contributed by atoms with Gasteiger partial charge in [0.05, 0.1) is 12.4 Å². The molecule has 0 spiro atoms. The van der Waals surface area contributed by atoms with Gasteiger partial charge < -0.3 is 4.74 Å². The topological polar surface area (TPSA) is 26.3 Å². The maximum Gasteiger partial charge on any atom is 0.139 e. The quantitative estimate of drug-likeness (QED) is 0.741. The Kier molecular flexibility index (Phi) is 3.47. The average Bonchev–Trinajstić information content (AvgIpc) is 2.83. The lowest BCUT2D eigenvalue weighted by molar-refractivity contribution is -0.130. The molecule has 2 fully saturated rings. The van der Waals surface area contributed by atoms with Crippen LogP contribution in [-0.4, -0.2) is 12.4 Å². The van der Waals surface area contributed by atoms with Gasteiger partial charge in [0, 0.05) is 18.3 Å². The highest BCUT2D eigenvalue weighted by atomic mass is 16.5. The van der Waals surface area contributed by atoms with Gasteiger partial charge in [0.25, 0.3) is 0 Å². The summed E-state index contributed by atoms with van der Waals surface area (Å²) in [5.41, 5.74) is 1.54. The summed E-state index contributed by atoms with van der Waals surface area (Å²) in [4.78, 5) is 12.4. The molecule has 0 aromatic carbocycles. The summed E-state index contributed by atoms with van der Waals surface area (Å²) in [7, 11) is 0. The average molecular weight is 300 g/mol. The van der Waals surface area contributed by atoms with Gasteiger partial charge in [0.15, 0.2) is 0 Å². The smallest absolute Gasteiger partial charge is 0.139 e. The predicted octanol–water partition coefficient (Wildman–Crippen LogP) is 4.66. The van der Waals surface area contributed by atoms with Crippen LogP contribution in [0.15, 0.2) is 23.5 Å². The van der Waals surface area contributed by atoms with Crippen LogP contribution in [0.3, 0.4) is 0 Å². The highest BCUT2D eigenvalue weighted by molar-refractivity contribution is 5.87. The molecule has 0 aromatic heterocycles. The molecule has 0 N–H and O–H groups in total. The molecule has 120 valence electrons. The Hall–Kier alpha value is -1.05. The molecule has 0 heterocycles. The van der Waals surface area contributed by atoms with Crippen molar-refractivity contribution in [3.8, 4) is 0 Å². The Labute approximate surface area is 134 Å². The molecule has 0 aliphatic heterocycles. The van der Waals surface area contributed by atoms with Crippen LogP contribution in [0, 0.1) is 29.1 Å². The van der Waals surface area contributed by atoms with Crippen molar-refractivity contribution in [1.82, 2.24) is 0 Å². The van der Waals surface area contributed by atoms with E-state index in [0.29, 0.717) is 11.7 Å². The van der Waals surface area contributed by atoms with Crippen molar-refractivity contribution < 1.29 is 9.53 Å². The first-order chi connectivity index (χ1) is 10.6. The van der Waals surface area contributed by atoms with Gasteiger partial charge in [-0.05, 0) is 74.3 Å². The van der Waals surface area contributed by atoms with Crippen LogP contribution in [0.1, 0.15) is 58.8 Å². The summed E-state index contributed by atoms with van der Waals surface area (Å²) < 4.78 is 5.74. The molecule has 4 rings (SSSR count). The number of ketones is 1. The van der Waals surface area contributed by atoms with E-state index in [1.54, 1.807) is 0 Å². The largest absolute Gasteiger partial charge is 0.498 e. The summed E-state index contributed by atoms with van der Waals surface area (Å²) in [6.45, 7) is 5.10. The van der Waals surface area contributed by atoms with Crippen molar-refractivity contribution in [2.24, 2.45) is 29.1 Å². The molecule has 5 atom stereocenters. The third-order valence-corrected chi connectivity index (χ3v) is 7.13. The maximum atomic E-state index is 12.4. The lowest BCUT2D eigenvalue weighted by Crippen LogP contribution is -2.45. The fourth-order valence-corrected chi connectivity index (χ4v) is 6.00. The van der Waals surface area contributed by atoms with Crippen LogP contribution in [0.5, 0.6) is 0 Å². The third-order valence-electron chi connectivity index (χ3n) is 7.13. The summed E-state index contributed by atoms with van der Waals surface area (Å²) in [6, 6.07) is 0. The minimum absolute atomic E-state index is 0.00744. The van der Waals surface area contributed by atoms with Crippen LogP contribution in [-0.2, 0) is 9.53 Å². The van der Waals surface area contributed by atoms with E-state index in [2.05, 4.69) is 26.0 Å². The first-order valence-electron chi connectivity index (χ1n) is 9.20. The van der Waals surface area contributed by atoms with Crippen molar-refractivity contribution in [3.05, 3.63) is 23.5 Å². The number of carbonyl (C=O) groups excluding carboxylic acids is 1. The number of carbonyl (C=O) groups is 1. The van der Waals surface area contributed by atoms with Crippen molar-refractivity contribution in [1.29, 1.82) is 0 Å². The molecule has 4 aliphatic rings. The molecule has 2 nitrogen and oxygen atoms in total. The van der Waals surface area contributed by atoms with E-state index in [1.165, 1.54) is 30.6 Å². The van der Waals surface area contributed by atoms with Crippen LogP contribution < -0.4 is 0 Å². The highest BCUT2D eigenvalue weighted by Gasteiger charge is 2.55. The van der Waals surface area contributed by atoms with E-state index >= 15 is 0 Å². The molecule has 2 heteroatoms. The number of hydrogen-bond donors (Lipinski definition) is 0. The fraction of sp³-hybridized carbons (Fsp3) is 0.750. The summed E-state index contributed by atoms with van der Waals surface area (Å²) in [5.74, 6) is 4.66. The minimum Gasteiger partial charge on any atom is -0.498 e. The van der Waals surface area contributed by atoms with E-state index in [0.717, 1.165) is 50.0 Å². The van der Waals surface area contributed by atoms with Crippen LogP contribution in [0.2, 0.25) is 0 Å². The second-order valence-electron chi connectivity index (χ2n) is 7.98. The molecular formula is C20H28O2. The van der Waals surface area contributed by atoms with Crippen molar-refractivity contribution >= 4 is 5.78 Å². The van der Waals surface area contributed by atoms with E-state index in [-0.39, 0.29) is 5.41 Å². The number of ether oxygens (including phenoxy) is 1. The fourth-order valence-electron chi connectivity index (χ4n) is 6.00. The minimum atomic E-state index is 0.00744. The lowest BCUT2D eigenvalue weighted by atomic mass is 9.53.